The van der Waals surface area contributed by atoms with Gasteiger partial charge in [0.05, 0.1) is 34.7 Å². The summed E-state index contributed by atoms with van der Waals surface area (Å²) >= 11 is 1.22. The van der Waals surface area contributed by atoms with Gasteiger partial charge in [-0.15, -0.1) is 0 Å². The number of methoxy groups -OCH3 is 1. The average Bonchev–Trinajstić information content (AvgIpc) is 3.70. The predicted molar refractivity (Wildman–Crippen MR) is 170 cm³/mol. The molecule has 0 spiro atoms. The lowest BCUT2D eigenvalue weighted by molar-refractivity contribution is -0.140. The van der Waals surface area contributed by atoms with Gasteiger partial charge in [0.15, 0.2) is 4.80 Å². The monoisotopic (exact) mass is 636 g/mol. The normalized spacial score (nSPS) is 14.4. The van der Waals surface area contributed by atoms with Gasteiger partial charge in [-0.1, -0.05) is 53.8 Å². The largest absolute Gasteiger partial charge is 0.460 e. The Bertz CT molecular complexity index is 2080. The van der Waals surface area contributed by atoms with Crippen molar-refractivity contribution >= 4 is 29.4 Å². The van der Waals surface area contributed by atoms with Crippen LogP contribution < -0.4 is 24.4 Å². The third-order valence-electron chi connectivity index (χ3n) is 7.03. The Balaban J connectivity index is 1.37. The molecule has 1 atom stereocenters. The molecule has 3 aromatic carbocycles. The number of carbonyl (C=O) groups is 2. The number of carbonyl (C=O) groups excluding carboxylic acids is 2. The summed E-state index contributed by atoms with van der Waals surface area (Å²) in [5.74, 6) is 0.378. The predicted octanol–water partition coefficient (Wildman–Crippen LogP) is 5.03. The molecule has 2 aromatic heterocycles. The molecule has 6 rings (SSSR count). The van der Waals surface area contributed by atoms with Gasteiger partial charge in [0.2, 0.25) is 5.76 Å². The molecule has 0 amide bonds. The van der Waals surface area contributed by atoms with Crippen molar-refractivity contribution in [3.8, 4) is 17.2 Å². The molecule has 46 heavy (non-hydrogen) atoms. The van der Waals surface area contributed by atoms with Crippen LogP contribution in [0.3, 0.4) is 0 Å². The first-order valence-electron chi connectivity index (χ1n) is 14.3. The summed E-state index contributed by atoms with van der Waals surface area (Å²) in [5, 5.41) is 0. The molecule has 0 radical (unpaired) electrons. The number of thiazole rings is 1. The number of hydrogen-bond acceptors (Lipinski definition) is 10. The fourth-order valence-electron chi connectivity index (χ4n) is 4.91. The van der Waals surface area contributed by atoms with E-state index in [1.165, 1.54) is 35.3 Å². The zero-order chi connectivity index (χ0) is 32.0. The molecule has 5 aromatic rings. The molecule has 232 valence electrons. The van der Waals surface area contributed by atoms with Crippen molar-refractivity contribution in [2.45, 2.75) is 13.0 Å². The maximum absolute atomic E-state index is 14.0. The maximum Gasteiger partial charge on any atom is 0.379 e. The fourth-order valence-corrected chi connectivity index (χ4v) is 5.95. The van der Waals surface area contributed by atoms with Gasteiger partial charge in [-0.2, -0.15) is 0 Å². The molecule has 1 aliphatic heterocycles. The van der Waals surface area contributed by atoms with Crippen molar-refractivity contribution in [1.29, 1.82) is 0 Å². The van der Waals surface area contributed by atoms with Crippen molar-refractivity contribution in [2.24, 2.45) is 4.99 Å². The van der Waals surface area contributed by atoms with Crippen LogP contribution in [0.1, 0.15) is 34.6 Å². The molecule has 0 unspecified atom stereocenters. The van der Waals surface area contributed by atoms with Gasteiger partial charge in [0.25, 0.3) is 5.56 Å². The first-order chi connectivity index (χ1) is 22.4. The summed E-state index contributed by atoms with van der Waals surface area (Å²) in [4.78, 5) is 44.9. The minimum absolute atomic E-state index is 0.0340. The van der Waals surface area contributed by atoms with E-state index in [9.17, 15) is 14.4 Å². The molecule has 0 bridgehead atoms. The van der Waals surface area contributed by atoms with Crippen LogP contribution in [0.25, 0.3) is 6.08 Å². The zero-order valence-electron chi connectivity index (χ0n) is 24.9. The van der Waals surface area contributed by atoms with Crippen molar-refractivity contribution in [3.05, 3.63) is 145 Å². The minimum atomic E-state index is -0.851. The second-order valence-electron chi connectivity index (χ2n) is 10.1. The lowest BCUT2D eigenvalue weighted by atomic mass is 9.96. The number of benzene rings is 3. The Labute approximate surface area is 267 Å². The van der Waals surface area contributed by atoms with E-state index in [0.717, 1.165) is 5.56 Å². The summed E-state index contributed by atoms with van der Waals surface area (Å²) in [6.45, 7) is 1.96. The highest BCUT2D eigenvalue weighted by Crippen LogP contribution is 2.32. The molecular weight excluding hydrogens is 608 g/mol. The number of furan rings is 1. The van der Waals surface area contributed by atoms with Crippen molar-refractivity contribution < 1.29 is 33.0 Å². The van der Waals surface area contributed by atoms with Gasteiger partial charge < -0.3 is 23.4 Å². The number of allylic oxidation sites excluding steroid dienone is 1. The number of para-hydroxylation sites is 1. The standard InChI is InChI=1S/C35H28N2O8S/c1-22-30(34(40)43-19-18-41-2)31(24-13-15-26(16-14-24)45-33(39)28-12-7-17-42-28)37-32(38)29(46-35(37)36-22)21-23-8-6-11-27(20-23)44-25-9-4-3-5-10-25/h3-17,20-21,31H,18-19H2,1-2H3/b29-21-/t31-/m1/s1. The molecule has 0 fully saturated rings. The van der Waals surface area contributed by atoms with E-state index in [0.29, 0.717) is 32.1 Å². The van der Waals surface area contributed by atoms with E-state index in [2.05, 4.69) is 4.99 Å². The quantitative estimate of drug-likeness (QED) is 0.119. The molecule has 11 heteroatoms. The minimum Gasteiger partial charge on any atom is -0.460 e. The van der Waals surface area contributed by atoms with Crippen LogP contribution in [0.5, 0.6) is 17.2 Å². The Morgan fingerprint density at radius 3 is 2.43 bits per heavy atom. The van der Waals surface area contributed by atoms with E-state index in [4.69, 9.17) is 23.4 Å². The second kappa shape index (κ2) is 13.6. The van der Waals surface area contributed by atoms with Crippen LogP contribution >= 0.6 is 11.3 Å². The SMILES string of the molecule is COCCOC(=O)C1=C(C)N=c2s/c(=C\c3cccc(Oc4ccccc4)c3)c(=O)n2[C@@H]1c1ccc(OC(=O)c2ccco2)cc1. The molecule has 3 heterocycles. The molecule has 1 aliphatic rings. The van der Waals surface area contributed by atoms with Gasteiger partial charge >= 0.3 is 11.9 Å². The number of hydrogen-bond donors (Lipinski definition) is 0. The van der Waals surface area contributed by atoms with Crippen molar-refractivity contribution in [3.63, 3.8) is 0 Å². The molecule has 10 nitrogen and oxygen atoms in total. The van der Waals surface area contributed by atoms with Gasteiger partial charge in [0, 0.05) is 7.11 Å². The summed E-state index contributed by atoms with van der Waals surface area (Å²) in [6, 6.07) is 25.6. The number of fused-ring (bicyclic) bond motifs is 1. The van der Waals surface area contributed by atoms with E-state index in [1.54, 1.807) is 43.3 Å². The van der Waals surface area contributed by atoms with E-state index in [1.807, 2.05) is 54.6 Å². The topological polar surface area (TPSA) is 119 Å². The lowest BCUT2D eigenvalue weighted by Crippen LogP contribution is -2.40. The number of nitrogens with zero attached hydrogens (tertiary/aromatic N) is 2. The summed E-state index contributed by atoms with van der Waals surface area (Å²) in [7, 11) is 1.51. The Kier molecular flexibility index (Phi) is 9.04. The lowest BCUT2D eigenvalue weighted by Gasteiger charge is -2.25. The van der Waals surface area contributed by atoms with Crippen molar-refractivity contribution in [2.75, 3.05) is 20.3 Å². The molecular formula is C35H28N2O8S. The highest BCUT2D eigenvalue weighted by molar-refractivity contribution is 7.07. The Morgan fingerprint density at radius 2 is 1.70 bits per heavy atom. The van der Waals surface area contributed by atoms with Crippen LogP contribution in [0, 0.1) is 0 Å². The Morgan fingerprint density at radius 1 is 0.913 bits per heavy atom. The zero-order valence-corrected chi connectivity index (χ0v) is 25.7. The van der Waals surface area contributed by atoms with Crippen LogP contribution in [-0.2, 0) is 14.3 Å². The van der Waals surface area contributed by atoms with Crippen molar-refractivity contribution in [1.82, 2.24) is 4.57 Å². The summed E-state index contributed by atoms with van der Waals surface area (Å²) < 4.78 is 28.9. The average molecular weight is 637 g/mol. The number of ether oxygens (including phenoxy) is 4. The molecule has 0 saturated heterocycles. The summed E-state index contributed by atoms with van der Waals surface area (Å²) in [6.07, 6.45) is 3.15. The smallest absolute Gasteiger partial charge is 0.379 e. The molecule has 0 N–H and O–H groups in total. The molecule has 0 aliphatic carbocycles. The van der Waals surface area contributed by atoms with E-state index in [-0.39, 0.29) is 35.9 Å². The van der Waals surface area contributed by atoms with Gasteiger partial charge in [-0.25, -0.2) is 14.6 Å². The third-order valence-corrected chi connectivity index (χ3v) is 8.01. The molecule has 0 saturated carbocycles. The van der Waals surface area contributed by atoms with Crippen LogP contribution in [-0.4, -0.2) is 36.8 Å². The van der Waals surface area contributed by atoms with Crippen LogP contribution in [0.4, 0.5) is 0 Å². The first kappa shape index (κ1) is 30.5. The third kappa shape index (κ3) is 6.60. The van der Waals surface area contributed by atoms with Crippen LogP contribution in [0.2, 0.25) is 0 Å². The Hall–Kier alpha value is -5.52. The van der Waals surface area contributed by atoms with Crippen LogP contribution in [0.15, 0.2) is 123 Å². The summed E-state index contributed by atoms with van der Waals surface area (Å²) in [5.41, 5.74) is 1.66. The highest BCUT2D eigenvalue weighted by atomic mass is 32.1. The number of esters is 2. The van der Waals surface area contributed by atoms with E-state index < -0.39 is 18.0 Å². The van der Waals surface area contributed by atoms with E-state index >= 15 is 0 Å². The number of rotatable bonds is 10. The van der Waals surface area contributed by atoms with Gasteiger partial charge in [-0.3, -0.25) is 9.36 Å². The number of aromatic nitrogens is 1. The fraction of sp³-hybridized carbons (Fsp3) is 0.143. The second-order valence-corrected chi connectivity index (χ2v) is 11.1. The first-order valence-corrected chi connectivity index (χ1v) is 15.1. The maximum atomic E-state index is 14.0. The highest BCUT2D eigenvalue weighted by Gasteiger charge is 2.33. The van der Waals surface area contributed by atoms with Gasteiger partial charge in [-0.05, 0) is 72.7 Å². The van der Waals surface area contributed by atoms with Gasteiger partial charge in [0.1, 0.15) is 23.9 Å².